The molecule has 0 atom stereocenters. The molecule has 1 aliphatic heterocycles. The summed E-state index contributed by atoms with van der Waals surface area (Å²) in [5, 5.41) is 28.5. The third-order valence-corrected chi connectivity index (χ3v) is 3.04. The second-order valence-corrected chi connectivity index (χ2v) is 4.38. The number of aromatic hydroxyl groups is 3. The molecule has 2 aromatic carbocycles. The molecule has 19 heavy (non-hydrogen) atoms. The fourth-order valence-electron chi connectivity index (χ4n) is 2.10. The number of benzene rings is 2. The van der Waals surface area contributed by atoms with Gasteiger partial charge in [0.25, 0.3) is 0 Å². The van der Waals surface area contributed by atoms with Crippen molar-refractivity contribution in [3.8, 4) is 23.0 Å². The quantitative estimate of drug-likeness (QED) is 0.733. The third-order valence-electron chi connectivity index (χ3n) is 3.04. The van der Waals surface area contributed by atoms with E-state index >= 15 is 0 Å². The zero-order chi connectivity index (χ0) is 13.4. The first-order valence-corrected chi connectivity index (χ1v) is 5.82. The van der Waals surface area contributed by atoms with Crippen LogP contribution in [0.5, 0.6) is 23.0 Å². The predicted molar refractivity (Wildman–Crippen MR) is 71.2 cm³/mol. The molecule has 0 unspecified atom stereocenters. The van der Waals surface area contributed by atoms with E-state index in [1.54, 1.807) is 24.3 Å². The van der Waals surface area contributed by atoms with E-state index < -0.39 is 0 Å². The van der Waals surface area contributed by atoms with Gasteiger partial charge in [0.05, 0.1) is 0 Å². The Morgan fingerprint density at radius 2 is 1.63 bits per heavy atom. The number of rotatable bonds is 1. The number of hydrogen-bond donors (Lipinski definition) is 3. The van der Waals surface area contributed by atoms with Crippen LogP contribution in [0.3, 0.4) is 0 Å². The van der Waals surface area contributed by atoms with Crippen LogP contribution in [0.4, 0.5) is 0 Å². The van der Waals surface area contributed by atoms with Crippen LogP contribution in [0.1, 0.15) is 11.1 Å². The van der Waals surface area contributed by atoms with Crippen molar-refractivity contribution in [1.29, 1.82) is 0 Å². The van der Waals surface area contributed by atoms with Crippen molar-refractivity contribution in [2.75, 3.05) is 6.61 Å². The minimum atomic E-state index is 0.0112. The average molecular weight is 256 g/mol. The molecule has 1 heterocycles. The Kier molecular flexibility index (Phi) is 2.56. The number of phenols is 3. The van der Waals surface area contributed by atoms with E-state index in [1.165, 1.54) is 12.1 Å². The molecule has 0 bridgehead atoms. The lowest BCUT2D eigenvalue weighted by molar-refractivity contribution is 0.361. The number of phenolic OH excluding ortho intramolecular Hbond substituents is 3. The van der Waals surface area contributed by atoms with E-state index in [-0.39, 0.29) is 17.2 Å². The Balaban J connectivity index is 2.05. The topological polar surface area (TPSA) is 69.9 Å². The molecule has 1 aliphatic rings. The van der Waals surface area contributed by atoms with Gasteiger partial charge in [-0.1, -0.05) is 0 Å². The fourth-order valence-corrected chi connectivity index (χ4v) is 2.10. The summed E-state index contributed by atoms with van der Waals surface area (Å²) in [7, 11) is 0. The normalized spacial score (nSPS) is 13.4. The van der Waals surface area contributed by atoms with E-state index in [0.717, 1.165) is 11.1 Å². The van der Waals surface area contributed by atoms with Gasteiger partial charge >= 0.3 is 0 Å². The van der Waals surface area contributed by atoms with Gasteiger partial charge < -0.3 is 20.1 Å². The highest BCUT2D eigenvalue weighted by Gasteiger charge is 2.16. The minimum absolute atomic E-state index is 0.0112. The molecular weight excluding hydrogens is 244 g/mol. The smallest absolute Gasteiger partial charge is 0.130 e. The third kappa shape index (κ3) is 2.08. The number of ether oxygens (including phenoxy) is 1. The monoisotopic (exact) mass is 256 g/mol. The van der Waals surface area contributed by atoms with Gasteiger partial charge in [0.1, 0.15) is 29.6 Å². The maximum atomic E-state index is 9.84. The lowest BCUT2D eigenvalue weighted by atomic mass is 10.00. The summed E-state index contributed by atoms with van der Waals surface area (Å²) in [6.45, 7) is 0.300. The number of hydrogen-bond acceptors (Lipinski definition) is 4. The Bertz CT molecular complexity index is 674. The van der Waals surface area contributed by atoms with E-state index in [4.69, 9.17) is 4.74 Å². The maximum absolute atomic E-state index is 9.84. The molecule has 0 aliphatic carbocycles. The standard InChI is InChI=1S/C15H12O4/c16-11-3-4-13(14(18)6-11)10-5-9-1-2-12(17)7-15(9)19-8-10/h1-7,16-18H,8H2. The zero-order valence-corrected chi connectivity index (χ0v) is 10.00. The van der Waals surface area contributed by atoms with Crippen molar-refractivity contribution < 1.29 is 20.1 Å². The van der Waals surface area contributed by atoms with E-state index in [2.05, 4.69) is 0 Å². The SMILES string of the molecule is Oc1ccc(C2=Cc3ccc(O)cc3OC2)c(O)c1. The summed E-state index contributed by atoms with van der Waals surface area (Å²) in [4.78, 5) is 0. The highest BCUT2D eigenvalue weighted by molar-refractivity contribution is 5.87. The molecule has 0 saturated heterocycles. The van der Waals surface area contributed by atoms with Crippen molar-refractivity contribution in [2.45, 2.75) is 0 Å². The first-order chi connectivity index (χ1) is 9.13. The highest BCUT2D eigenvalue weighted by atomic mass is 16.5. The van der Waals surface area contributed by atoms with Crippen molar-refractivity contribution in [3.63, 3.8) is 0 Å². The summed E-state index contributed by atoms with van der Waals surface area (Å²) >= 11 is 0. The van der Waals surface area contributed by atoms with E-state index in [9.17, 15) is 15.3 Å². The van der Waals surface area contributed by atoms with Gasteiger partial charge in [0.2, 0.25) is 0 Å². The van der Waals surface area contributed by atoms with E-state index in [1.807, 2.05) is 6.08 Å². The molecule has 0 fully saturated rings. The van der Waals surface area contributed by atoms with Gasteiger partial charge in [0.15, 0.2) is 0 Å². The summed E-state index contributed by atoms with van der Waals surface area (Å²) in [5.41, 5.74) is 2.28. The van der Waals surface area contributed by atoms with Crippen LogP contribution in [-0.2, 0) is 0 Å². The second-order valence-electron chi connectivity index (χ2n) is 4.38. The summed E-state index contributed by atoms with van der Waals surface area (Å²) in [6.07, 6.45) is 1.89. The Morgan fingerprint density at radius 3 is 2.42 bits per heavy atom. The molecule has 3 rings (SSSR count). The van der Waals surface area contributed by atoms with E-state index in [0.29, 0.717) is 17.9 Å². The molecule has 4 nitrogen and oxygen atoms in total. The zero-order valence-electron chi connectivity index (χ0n) is 10.00. The van der Waals surface area contributed by atoms with Crippen LogP contribution in [0.2, 0.25) is 0 Å². The maximum Gasteiger partial charge on any atom is 0.130 e. The molecule has 3 N–H and O–H groups in total. The minimum Gasteiger partial charge on any atom is -0.508 e. The van der Waals surface area contributed by atoms with Crippen molar-refractivity contribution in [2.24, 2.45) is 0 Å². The molecule has 0 amide bonds. The summed E-state index contributed by atoms with van der Waals surface area (Å²) in [6, 6.07) is 9.34. The molecule has 0 aromatic heterocycles. The lowest BCUT2D eigenvalue weighted by Gasteiger charge is -2.19. The van der Waals surface area contributed by atoms with Gasteiger partial charge in [-0.2, -0.15) is 0 Å². The van der Waals surface area contributed by atoms with Crippen molar-refractivity contribution >= 4 is 11.6 Å². The Hall–Kier alpha value is -2.62. The van der Waals surface area contributed by atoms with Crippen LogP contribution < -0.4 is 4.74 Å². The van der Waals surface area contributed by atoms with Gasteiger partial charge in [-0.15, -0.1) is 0 Å². The van der Waals surface area contributed by atoms with Crippen LogP contribution in [0.25, 0.3) is 11.6 Å². The molecule has 4 heteroatoms. The molecule has 96 valence electrons. The molecule has 0 spiro atoms. The van der Waals surface area contributed by atoms with Gasteiger partial charge in [-0.05, 0) is 30.3 Å². The highest BCUT2D eigenvalue weighted by Crippen LogP contribution is 2.36. The molecule has 0 radical (unpaired) electrons. The predicted octanol–water partition coefficient (Wildman–Crippen LogP) is 2.74. The largest absolute Gasteiger partial charge is 0.508 e. The van der Waals surface area contributed by atoms with Crippen molar-refractivity contribution in [1.82, 2.24) is 0 Å². The van der Waals surface area contributed by atoms with Crippen LogP contribution in [0, 0.1) is 0 Å². The molecule has 2 aromatic rings. The molecular formula is C15H12O4. The van der Waals surface area contributed by atoms with Crippen molar-refractivity contribution in [3.05, 3.63) is 47.5 Å². The Labute approximate surface area is 109 Å². The van der Waals surface area contributed by atoms with Gasteiger partial charge in [-0.3, -0.25) is 0 Å². The summed E-state index contributed by atoms with van der Waals surface area (Å²) in [5.74, 6) is 0.797. The van der Waals surface area contributed by atoms with Crippen LogP contribution in [-0.4, -0.2) is 21.9 Å². The lowest BCUT2D eigenvalue weighted by Crippen LogP contribution is -2.06. The van der Waals surface area contributed by atoms with Gasteiger partial charge in [-0.25, -0.2) is 0 Å². The fraction of sp³-hybridized carbons (Fsp3) is 0.0667. The van der Waals surface area contributed by atoms with Gasteiger partial charge in [0, 0.05) is 28.8 Å². The Morgan fingerprint density at radius 1 is 0.895 bits per heavy atom. The first kappa shape index (κ1) is 11.5. The second kappa shape index (κ2) is 4.24. The van der Waals surface area contributed by atoms with Crippen LogP contribution >= 0.6 is 0 Å². The molecule has 0 saturated carbocycles. The number of fused-ring (bicyclic) bond motifs is 1. The summed E-state index contributed by atoms with van der Waals surface area (Å²) < 4.78 is 5.55. The first-order valence-electron chi connectivity index (χ1n) is 5.82. The average Bonchev–Trinajstić information content (AvgIpc) is 2.38. The van der Waals surface area contributed by atoms with Crippen LogP contribution in [0.15, 0.2) is 36.4 Å².